The van der Waals surface area contributed by atoms with Gasteiger partial charge in [0.2, 0.25) is 0 Å². The molecule has 1 aromatic heterocycles. The Hall–Kier alpha value is -2.25. The molecule has 1 aliphatic heterocycles. The fourth-order valence-corrected chi connectivity index (χ4v) is 3.72. The average Bonchev–Trinajstić information content (AvgIpc) is 3.23. The second-order valence-corrected chi connectivity index (χ2v) is 6.76. The largest absolute Gasteiger partial charge is 0.481 e. The summed E-state index contributed by atoms with van der Waals surface area (Å²) in [7, 11) is 1.47. The Bertz CT molecular complexity index is 746. The Morgan fingerprint density at radius 1 is 1.38 bits per heavy atom. The number of rotatable bonds is 5. The molecule has 1 N–H and O–H groups in total. The highest BCUT2D eigenvalue weighted by atomic mass is 32.1. The highest BCUT2D eigenvalue weighted by molar-refractivity contribution is 7.13. The van der Waals surface area contributed by atoms with Crippen molar-refractivity contribution >= 4 is 23.2 Å². The van der Waals surface area contributed by atoms with Crippen LogP contribution in [0.5, 0.6) is 0 Å². The maximum Gasteiger partial charge on any atom is 0.313 e. The van der Waals surface area contributed by atoms with Gasteiger partial charge in [-0.3, -0.25) is 9.59 Å². The van der Waals surface area contributed by atoms with Gasteiger partial charge in [0, 0.05) is 31.1 Å². The van der Waals surface area contributed by atoms with Gasteiger partial charge in [-0.15, -0.1) is 11.3 Å². The number of methoxy groups -OCH3 is 1. The molecule has 7 heteroatoms. The summed E-state index contributed by atoms with van der Waals surface area (Å²) < 4.78 is 5.05. The molecule has 1 saturated heterocycles. The van der Waals surface area contributed by atoms with Gasteiger partial charge in [0.05, 0.1) is 6.61 Å². The van der Waals surface area contributed by atoms with Gasteiger partial charge >= 0.3 is 5.97 Å². The Kier molecular flexibility index (Phi) is 4.64. The van der Waals surface area contributed by atoms with Crippen LogP contribution in [0.1, 0.15) is 16.9 Å². The van der Waals surface area contributed by atoms with E-state index in [9.17, 15) is 14.7 Å². The smallest absolute Gasteiger partial charge is 0.313 e. The molecule has 126 valence electrons. The molecule has 1 fully saturated rings. The van der Waals surface area contributed by atoms with Crippen LogP contribution < -0.4 is 0 Å². The second-order valence-electron chi connectivity index (χ2n) is 5.90. The number of hydrogen-bond donors (Lipinski definition) is 1. The monoisotopic (exact) mass is 346 g/mol. The first-order valence-corrected chi connectivity index (χ1v) is 8.46. The first-order chi connectivity index (χ1) is 11.6. The third-order valence-corrected chi connectivity index (χ3v) is 5.15. The number of aliphatic carboxylic acids is 1. The van der Waals surface area contributed by atoms with Crippen LogP contribution >= 0.6 is 11.3 Å². The summed E-state index contributed by atoms with van der Waals surface area (Å²) in [6.45, 7) is 0.637. The number of carbonyl (C=O) groups excluding carboxylic acids is 1. The lowest BCUT2D eigenvalue weighted by atomic mass is 9.88. The van der Waals surface area contributed by atoms with Crippen molar-refractivity contribution in [3.63, 3.8) is 0 Å². The molecule has 2 aromatic rings. The van der Waals surface area contributed by atoms with E-state index in [0.717, 1.165) is 10.6 Å². The summed E-state index contributed by atoms with van der Waals surface area (Å²) in [5.41, 5.74) is 0.294. The molecule has 1 atom stereocenters. The number of aromatic nitrogens is 1. The predicted molar refractivity (Wildman–Crippen MR) is 90.0 cm³/mol. The van der Waals surface area contributed by atoms with E-state index in [1.54, 1.807) is 10.3 Å². The standard InChI is InChI=1S/C17H18N2O4S/c1-23-11-17(16(21)22)7-8-19(10-17)15(20)13-9-24-14(18-13)12-5-3-2-4-6-12/h2-6,9H,7-8,10-11H2,1H3,(H,21,22). The number of carboxylic acid groups (broad SMARTS) is 1. The lowest BCUT2D eigenvalue weighted by Gasteiger charge is -2.23. The normalized spacial score (nSPS) is 20.3. The lowest BCUT2D eigenvalue weighted by Crippen LogP contribution is -2.40. The molecule has 6 nitrogen and oxygen atoms in total. The minimum absolute atomic E-state index is 0.0957. The molecule has 1 aromatic carbocycles. The highest BCUT2D eigenvalue weighted by Crippen LogP contribution is 2.33. The SMILES string of the molecule is COCC1(C(=O)O)CCN(C(=O)c2csc(-c3ccccc3)n2)C1. The number of likely N-dealkylation sites (tertiary alicyclic amines) is 1. The van der Waals surface area contributed by atoms with Gasteiger partial charge in [0.25, 0.3) is 5.91 Å². The quantitative estimate of drug-likeness (QED) is 0.899. The molecular weight excluding hydrogens is 328 g/mol. The van der Waals surface area contributed by atoms with E-state index in [4.69, 9.17) is 4.74 Å². The molecule has 1 amide bonds. The first-order valence-electron chi connectivity index (χ1n) is 7.58. The molecule has 24 heavy (non-hydrogen) atoms. The third-order valence-electron chi connectivity index (χ3n) is 4.26. The number of thiazole rings is 1. The van der Waals surface area contributed by atoms with Crippen molar-refractivity contribution in [3.05, 3.63) is 41.4 Å². The van der Waals surface area contributed by atoms with Crippen molar-refractivity contribution in [2.45, 2.75) is 6.42 Å². The number of carboxylic acids is 1. The van der Waals surface area contributed by atoms with Gasteiger partial charge in [-0.25, -0.2) is 4.98 Å². The Morgan fingerprint density at radius 3 is 2.79 bits per heavy atom. The number of hydrogen-bond acceptors (Lipinski definition) is 5. The Morgan fingerprint density at radius 2 is 2.12 bits per heavy atom. The number of amides is 1. The van der Waals surface area contributed by atoms with Gasteiger partial charge < -0.3 is 14.7 Å². The summed E-state index contributed by atoms with van der Waals surface area (Å²) >= 11 is 1.41. The van der Waals surface area contributed by atoms with Crippen LogP contribution in [0.4, 0.5) is 0 Å². The van der Waals surface area contributed by atoms with Crippen molar-refractivity contribution in [2.75, 3.05) is 26.8 Å². The highest BCUT2D eigenvalue weighted by Gasteiger charge is 2.46. The third kappa shape index (κ3) is 3.05. The molecule has 2 heterocycles. The van der Waals surface area contributed by atoms with E-state index < -0.39 is 11.4 Å². The van der Waals surface area contributed by atoms with Gasteiger partial charge in [0.15, 0.2) is 0 Å². The van der Waals surface area contributed by atoms with Crippen molar-refractivity contribution in [2.24, 2.45) is 5.41 Å². The summed E-state index contributed by atoms with van der Waals surface area (Å²) in [4.78, 5) is 30.2. The minimum atomic E-state index is -1.03. The first kappa shape index (κ1) is 16.6. The summed E-state index contributed by atoms with van der Waals surface area (Å²) in [6, 6.07) is 9.65. The maximum absolute atomic E-state index is 12.6. The van der Waals surface area contributed by atoms with Crippen LogP contribution in [0.15, 0.2) is 35.7 Å². The molecule has 0 bridgehead atoms. The Labute approximate surface area is 143 Å². The van der Waals surface area contributed by atoms with E-state index in [1.807, 2.05) is 30.3 Å². The average molecular weight is 346 g/mol. The van der Waals surface area contributed by atoms with Crippen LogP contribution in [0.3, 0.4) is 0 Å². The molecule has 0 spiro atoms. The molecule has 0 radical (unpaired) electrons. The van der Waals surface area contributed by atoms with Crippen LogP contribution in [0, 0.1) is 5.41 Å². The van der Waals surface area contributed by atoms with Crippen molar-refractivity contribution in [1.29, 1.82) is 0 Å². The summed E-state index contributed by atoms with van der Waals surface area (Å²) in [5, 5.41) is 12.0. The molecule has 1 aliphatic rings. The van der Waals surface area contributed by atoms with Crippen LogP contribution in [0.25, 0.3) is 10.6 Å². The van der Waals surface area contributed by atoms with Gasteiger partial charge in [-0.2, -0.15) is 0 Å². The van der Waals surface area contributed by atoms with Crippen molar-refractivity contribution in [3.8, 4) is 10.6 Å². The van der Waals surface area contributed by atoms with E-state index in [0.29, 0.717) is 18.7 Å². The van der Waals surface area contributed by atoms with Gasteiger partial charge in [-0.1, -0.05) is 30.3 Å². The maximum atomic E-state index is 12.6. The number of benzene rings is 1. The second kappa shape index (κ2) is 6.70. The molecule has 3 rings (SSSR count). The zero-order valence-corrected chi connectivity index (χ0v) is 14.1. The Balaban J connectivity index is 1.76. The minimum Gasteiger partial charge on any atom is -0.481 e. The van der Waals surface area contributed by atoms with Crippen LogP contribution in [0.2, 0.25) is 0 Å². The summed E-state index contributed by atoms with van der Waals surface area (Å²) in [5.74, 6) is -1.16. The predicted octanol–water partition coefficient (Wildman–Crippen LogP) is 2.37. The topological polar surface area (TPSA) is 79.7 Å². The zero-order valence-electron chi connectivity index (χ0n) is 13.3. The van der Waals surface area contributed by atoms with E-state index in [2.05, 4.69) is 4.98 Å². The van der Waals surface area contributed by atoms with E-state index in [1.165, 1.54) is 18.4 Å². The zero-order chi connectivity index (χ0) is 17.2. The fourth-order valence-electron chi connectivity index (χ4n) is 2.92. The van der Waals surface area contributed by atoms with E-state index in [-0.39, 0.29) is 19.1 Å². The fraction of sp³-hybridized carbons (Fsp3) is 0.353. The van der Waals surface area contributed by atoms with Gasteiger partial charge in [0.1, 0.15) is 16.1 Å². The molecule has 0 aliphatic carbocycles. The lowest BCUT2D eigenvalue weighted by molar-refractivity contribution is -0.151. The van der Waals surface area contributed by atoms with Crippen LogP contribution in [-0.2, 0) is 9.53 Å². The number of ether oxygens (including phenoxy) is 1. The summed E-state index contributed by atoms with van der Waals surface area (Å²) in [6.07, 6.45) is 0.387. The molecular formula is C17H18N2O4S. The van der Waals surface area contributed by atoms with E-state index >= 15 is 0 Å². The number of nitrogens with zero attached hydrogens (tertiary/aromatic N) is 2. The van der Waals surface area contributed by atoms with Crippen molar-refractivity contribution < 1.29 is 19.4 Å². The molecule has 0 saturated carbocycles. The number of carbonyl (C=O) groups is 2. The van der Waals surface area contributed by atoms with Crippen molar-refractivity contribution in [1.82, 2.24) is 9.88 Å². The molecule has 1 unspecified atom stereocenters. The van der Waals surface area contributed by atoms with Gasteiger partial charge in [-0.05, 0) is 6.42 Å². The van der Waals surface area contributed by atoms with Crippen LogP contribution in [-0.4, -0.2) is 53.7 Å².